The number of thiophene rings is 1. The molecule has 2 amide bonds. The number of likely N-dealkylation sites (tertiary alicyclic amines) is 1. The standard InChI is InChI=1S/C23H28N4O3S/c1-2-19-25-20(30-26-19)11-12-21(28)27-13-7-3-4-8-15(27)14-17-16-9-5-6-10-18(16)31-22(17)23(24)29/h5-6,9-10,15H,2-4,7-8,11-14H2,1H3,(H2,24,29). The number of rotatable bonds is 7. The van der Waals surface area contributed by atoms with Crippen molar-refractivity contribution in [3.05, 3.63) is 46.4 Å². The third-order valence-corrected chi connectivity index (χ3v) is 7.17. The maximum Gasteiger partial charge on any atom is 0.259 e. The highest BCUT2D eigenvalue weighted by Crippen LogP contribution is 2.34. The molecule has 4 rings (SSSR count). The van der Waals surface area contributed by atoms with Gasteiger partial charge in [-0.1, -0.05) is 43.1 Å². The van der Waals surface area contributed by atoms with Gasteiger partial charge in [-0.15, -0.1) is 11.3 Å². The molecule has 1 aliphatic heterocycles. The Bertz CT molecular complexity index is 1070. The van der Waals surface area contributed by atoms with Crippen molar-refractivity contribution in [3.63, 3.8) is 0 Å². The molecule has 1 aliphatic rings. The van der Waals surface area contributed by atoms with Crippen LogP contribution >= 0.6 is 11.3 Å². The largest absolute Gasteiger partial charge is 0.365 e. The zero-order valence-electron chi connectivity index (χ0n) is 17.8. The number of fused-ring (bicyclic) bond motifs is 1. The van der Waals surface area contributed by atoms with E-state index >= 15 is 0 Å². The number of nitrogens with two attached hydrogens (primary N) is 1. The van der Waals surface area contributed by atoms with Crippen LogP contribution < -0.4 is 5.73 Å². The van der Waals surface area contributed by atoms with Gasteiger partial charge in [0.1, 0.15) is 0 Å². The van der Waals surface area contributed by atoms with Gasteiger partial charge in [0.05, 0.1) is 4.88 Å². The van der Waals surface area contributed by atoms with Crippen molar-refractivity contribution in [1.29, 1.82) is 0 Å². The molecule has 0 radical (unpaired) electrons. The van der Waals surface area contributed by atoms with Crippen LogP contribution in [0.1, 0.15) is 66.0 Å². The monoisotopic (exact) mass is 440 g/mol. The molecule has 0 bridgehead atoms. The van der Waals surface area contributed by atoms with E-state index in [1.807, 2.05) is 36.1 Å². The topological polar surface area (TPSA) is 102 Å². The molecule has 1 fully saturated rings. The lowest BCUT2D eigenvalue weighted by molar-refractivity contribution is -0.133. The van der Waals surface area contributed by atoms with E-state index in [-0.39, 0.29) is 11.9 Å². The molecule has 0 aliphatic carbocycles. The number of aromatic nitrogens is 2. The fourth-order valence-electron chi connectivity index (χ4n) is 4.35. The zero-order chi connectivity index (χ0) is 21.8. The first kappa shape index (κ1) is 21.5. The molecule has 1 unspecified atom stereocenters. The Balaban J connectivity index is 1.54. The first-order chi connectivity index (χ1) is 15.1. The number of amides is 2. The molecule has 3 aromatic rings. The van der Waals surface area contributed by atoms with Gasteiger partial charge in [0.25, 0.3) is 5.91 Å². The number of carbonyl (C=O) groups excluding carboxylic acids is 2. The van der Waals surface area contributed by atoms with Crippen molar-refractivity contribution in [3.8, 4) is 0 Å². The molecule has 164 valence electrons. The summed E-state index contributed by atoms with van der Waals surface area (Å²) in [5, 5.41) is 4.97. The summed E-state index contributed by atoms with van der Waals surface area (Å²) in [6.45, 7) is 2.71. The van der Waals surface area contributed by atoms with E-state index in [0.717, 1.165) is 47.9 Å². The molecule has 31 heavy (non-hydrogen) atoms. The summed E-state index contributed by atoms with van der Waals surface area (Å²) in [7, 11) is 0. The van der Waals surface area contributed by atoms with E-state index in [1.54, 1.807) is 0 Å². The number of nitrogens with zero attached hydrogens (tertiary/aromatic N) is 3. The van der Waals surface area contributed by atoms with E-state index < -0.39 is 5.91 Å². The van der Waals surface area contributed by atoms with Gasteiger partial charge in [-0.05, 0) is 36.3 Å². The summed E-state index contributed by atoms with van der Waals surface area (Å²) in [5.41, 5.74) is 6.68. The molecule has 0 saturated carbocycles. The molecule has 3 heterocycles. The van der Waals surface area contributed by atoms with Gasteiger partial charge < -0.3 is 15.2 Å². The van der Waals surface area contributed by atoms with Crippen LogP contribution in [-0.2, 0) is 24.1 Å². The summed E-state index contributed by atoms with van der Waals surface area (Å²) < 4.78 is 6.29. The molecular formula is C23H28N4O3S. The third-order valence-electron chi connectivity index (χ3n) is 5.94. The number of primary amides is 1. The molecule has 8 heteroatoms. The van der Waals surface area contributed by atoms with Gasteiger partial charge in [0, 0.05) is 36.5 Å². The highest BCUT2D eigenvalue weighted by Gasteiger charge is 2.28. The quantitative estimate of drug-likeness (QED) is 0.600. The van der Waals surface area contributed by atoms with Crippen LogP contribution in [0.3, 0.4) is 0 Å². The van der Waals surface area contributed by atoms with Crippen LogP contribution in [-0.4, -0.2) is 39.4 Å². The number of hydrogen-bond donors (Lipinski definition) is 1. The average Bonchev–Trinajstić information content (AvgIpc) is 3.31. The van der Waals surface area contributed by atoms with E-state index in [0.29, 0.717) is 42.3 Å². The Morgan fingerprint density at radius 1 is 1.26 bits per heavy atom. The van der Waals surface area contributed by atoms with Crippen molar-refractivity contribution in [1.82, 2.24) is 15.0 Å². The second-order valence-corrected chi connectivity index (χ2v) is 9.07. The van der Waals surface area contributed by atoms with Crippen molar-refractivity contribution < 1.29 is 14.1 Å². The molecule has 2 N–H and O–H groups in total. The van der Waals surface area contributed by atoms with E-state index in [2.05, 4.69) is 10.1 Å². The third kappa shape index (κ3) is 4.79. The van der Waals surface area contributed by atoms with E-state index in [1.165, 1.54) is 11.3 Å². The smallest absolute Gasteiger partial charge is 0.259 e. The Kier molecular flexibility index (Phi) is 6.65. The van der Waals surface area contributed by atoms with Crippen LogP contribution in [0, 0.1) is 0 Å². The number of carbonyl (C=O) groups is 2. The molecule has 1 saturated heterocycles. The van der Waals surface area contributed by atoms with Crippen LogP contribution in [0.2, 0.25) is 0 Å². The highest BCUT2D eigenvalue weighted by molar-refractivity contribution is 7.21. The lowest BCUT2D eigenvalue weighted by atomic mass is 9.97. The normalized spacial score (nSPS) is 17.1. The maximum absolute atomic E-state index is 13.2. The SMILES string of the molecule is CCc1noc(CCC(=O)N2CCCCCC2Cc2c(C(N)=O)sc3ccccc23)n1. The van der Waals surface area contributed by atoms with Gasteiger partial charge in [-0.3, -0.25) is 9.59 Å². The van der Waals surface area contributed by atoms with E-state index in [9.17, 15) is 9.59 Å². The Morgan fingerprint density at radius 2 is 2.10 bits per heavy atom. The predicted octanol–water partition coefficient (Wildman–Crippen LogP) is 3.89. The molecule has 0 spiro atoms. The fraction of sp³-hybridized carbons (Fsp3) is 0.478. The lowest BCUT2D eigenvalue weighted by Gasteiger charge is -2.30. The van der Waals surface area contributed by atoms with Gasteiger partial charge in [-0.25, -0.2) is 0 Å². The number of aryl methyl sites for hydroxylation is 2. The minimum absolute atomic E-state index is 0.0556. The Labute approximate surface area is 185 Å². The number of benzene rings is 1. The fourth-order valence-corrected chi connectivity index (χ4v) is 5.43. The lowest BCUT2D eigenvalue weighted by Crippen LogP contribution is -2.41. The highest BCUT2D eigenvalue weighted by atomic mass is 32.1. The summed E-state index contributed by atoms with van der Waals surface area (Å²) >= 11 is 1.44. The Hall–Kier alpha value is -2.74. The van der Waals surface area contributed by atoms with Crippen LogP contribution in [0.5, 0.6) is 0 Å². The van der Waals surface area contributed by atoms with Gasteiger partial charge >= 0.3 is 0 Å². The molecule has 2 aromatic heterocycles. The van der Waals surface area contributed by atoms with Crippen molar-refractivity contribution in [2.45, 2.75) is 64.3 Å². The van der Waals surface area contributed by atoms with Crippen LogP contribution in [0.15, 0.2) is 28.8 Å². The maximum atomic E-state index is 13.2. The second kappa shape index (κ2) is 9.60. The van der Waals surface area contributed by atoms with Crippen molar-refractivity contribution >= 4 is 33.2 Å². The van der Waals surface area contributed by atoms with E-state index in [4.69, 9.17) is 10.3 Å². The summed E-state index contributed by atoms with van der Waals surface area (Å²) in [5.74, 6) is 0.879. The first-order valence-corrected chi connectivity index (χ1v) is 11.8. The minimum atomic E-state index is -0.397. The second-order valence-electron chi connectivity index (χ2n) is 8.02. The predicted molar refractivity (Wildman–Crippen MR) is 120 cm³/mol. The van der Waals surface area contributed by atoms with Crippen LogP contribution in [0.4, 0.5) is 0 Å². The Morgan fingerprint density at radius 3 is 2.87 bits per heavy atom. The first-order valence-electron chi connectivity index (χ1n) is 11.0. The molecule has 7 nitrogen and oxygen atoms in total. The summed E-state index contributed by atoms with van der Waals surface area (Å²) in [6.07, 6.45) is 6.25. The van der Waals surface area contributed by atoms with Crippen molar-refractivity contribution in [2.24, 2.45) is 5.73 Å². The van der Waals surface area contributed by atoms with Gasteiger partial charge in [0.15, 0.2) is 5.82 Å². The summed E-state index contributed by atoms with van der Waals surface area (Å²) in [6, 6.07) is 8.06. The van der Waals surface area contributed by atoms with Crippen molar-refractivity contribution in [2.75, 3.05) is 6.54 Å². The minimum Gasteiger partial charge on any atom is -0.365 e. The zero-order valence-corrected chi connectivity index (χ0v) is 18.6. The molecule has 1 aromatic carbocycles. The van der Waals surface area contributed by atoms with Crippen LogP contribution in [0.25, 0.3) is 10.1 Å². The summed E-state index contributed by atoms with van der Waals surface area (Å²) in [4.78, 5) is 32.2. The average molecular weight is 441 g/mol. The molecular weight excluding hydrogens is 412 g/mol. The molecule has 1 atom stereocenters. The van der Waals surface area contributed by atoms with Gasteiger partial charge in [-0.2, -0.15) is 4.98 Å². The number of hydrogen-bond acceptors (Lipinski definition) is 6. The van der Waals surface area contributed by atoms with Gasteiger partial charge in [0.2, 0.25) is 11.8 Å².